The lowest BCUT2D eigenvalue weighted by Gasteiger charge is -2.35. The first-order valence-electron chi connectivity index (χ1n) is 9.22. The Labute approximate surface area is 153 Å². The van der Waals surface area contributed by atoms with Crippen LogP contribution in [0.5, 0.6) is 5.75 Å². The fraction of sp³-hybridized carbons (Fsp3) is 0.682. The summed E-state index contributed by atoms with van der Waals surface area (Å²) in [4.78, 5) is 11.1. The van der Waals surface area contributed by atoms with E-state index in [1.165, 1.54) is 5.56 Å². The van der Waals surface area contributed by atoms with Crippen LogP contribution in [0.3, 0.4) is 0 Å². The summed E-state index contributed by atoms with van der Waals surface area (Å²) in [5.41, 5.74) is 2.07. The molecule has 3 heteroatoms. The fourth-order valence-electron chi connectivity index (χ4n) is 3.76. The third-order valence-electron chi connectivity index (χ3n) is 5.10. The van der Waals surface area contributed by atoms with Gasteiger partial charge < -0.3 is 10.2 Å². The molecule has 0 heterocycles. The second-order valence-corrected chi connectivity index (χ2v) is 10.0. The number of aliphatic carboxylic acids is 1. The lowest BCUT2D eigenvalue weighted by atomic mass is 9.70. The van der Waals surface area contributed by atoms with Gasteiger partial charge in [-0.15, -0.1) is 0 Å². The first kappa shape index (κ1) is 21.5. The lowest BCUT2D eigenvalue weighted by Crippen LogP contribution is -2.26. The van der Waals surface area contributed by atoms with Gasteiger partial charge in [-0.3, -0.25) is 4.79 Å². The van der Waals surface area contributed by atoms with Gasteiger partial charge in [-0.2, -0.15) is 0 Å². The lowest BCUT2D eigenvalue weighted by molar-refractivity contribution is -0.141. The van der Waals surface area contributed by atoms with E-state index >= 15 is 0 Å². The van der Waals surface area contributed by atoms with Crippen molar-refractivity contribution in [1.29, 1.82) is 0 Å². The van der Waals surface area contributed by atoms with Crippen LogP contribution in [0.4, 0.5) is 0 Å². The highest BCUT2D eigenvalue weighted by molar-refractivity contribution is 5.69. The zero-order chi connectivity index (χ0) is 19.6. The minimum Gasteiger partial charge on any atom is -0.508 e. The number of rotatable bonds is 7. The van der Waals surface area contributed by atoms with Gasteiger partial charge in [0.1, 0.15) is 5.75 Å². The largest absolute Gasteiger partial charge is 0.508 e. The quantitative estimate of drug-likeness (QED) is 0.646. The van der Waals surface area contributed by atoms with E-state index in [1.54, 1.807) is 13.0 Å². The van der Waals surface area contributed by atoms with Gasteiger partial charge in [0.05, 0.1) is 5.92 Å². The standard InChI is InChI=1S/C22H36O3/c1-15(19(24)25)11-12-21(5,6)17-13-16(9-10-18(17)23)22(7,8)14-20(2,3)4/h9-10,13,15,23H,11-12,14H2,1-8H3,(H,24,25). The maximum absolute atomic E-state index is 11.1. The molecule has 1 atom stereocenters. The van der Waals surface area contributed by atoms with Crippen molar-refractivity contribution < 1.29 is 15.0 Å². The average Bonchev–Trinajstić information content (AvgIpc) is 2.42. The molecular formula is C22H36O3. The second kappa shape index (κ2) is 7.39. The van der Waals surface area contributed by atoms with Gasteiger partial charge >= 0.3 is 5.97 Å². The van der Waals surface area contributed by atoms with Crippen molar-refractivity contribution in [3.8, 4) is 5.75 Å². The average molecular weight is 349 g/mol. The van der Waals surface area contributed by atoms with E-state index in [9.17, 15) is 9.90 Å². The molecule has 0 saturated carbocycles. The molecule has 142 valence electrons. The van der Waals surface area contributed by atoms with Crippen LogP contribution in [0.25, 0.3) is 0 Å². The molecule has 1 aromatic carbocycles. The van der Waals surface area contributed by atoms with Crippen molar-refractivity contribution in [2.24, 2.45) is 11.3 Å². The number of hydrogen-bond donors (Lipinski definition) is 2. The summed E-state index contributed by atoms with van der Waals surface area (Å²) >= 11 is 0. The molecule has 0 aliphatic rings. The van der Waals surface area contributed by atoms with Crippen molar-refractivity contribution in [3.63, 3.8) is 0 Å². The summed E-state index contributed by atoms with van der Waals surface area (Å²) in [6.07, 6.45) is 2.36. The number of phenols is 1. The predicted molar refractivity (Wildman–Crippen MR) is 104 cm³/mol. The Morgan fingerprint density at radius 3 is 2.08 bits per heavy atom. The molecular weight excluding hydrogens is 312 g/mol. The van der Waals surface area contributed by atoms with E-state index in [-0.39, 0.29) is 22.2 Å². The molecule has 3 nitrogen and oxygen atoms in total. The molecule has 0 aromatic heterocycles. The topological polar surface area (TPSA) is 57.5 Å². The molecule has 0 aliphatic carbocycles. The van der Waals surface area contributed by atoms with Crippen LogP contribution in [0.15, 0.2) is 18.2 Å². The van der Waals surface area contributed by atoms with Crippen LogP contribution in [0.1, 0.15) is 85.8 Å². The van der Waals surface area contributed by atoms with Gasteiger partial charge in [0.25, 0.3) is 0 Å². The van der Waals surface area contributed by atoms with Crippen molar-refractivity contribution >= 4 is 5.97 Å². The zero-order valence-corrected chi connectivity index (χ0v) is 17.2. The van der Waals surface area contributed by atoms with Crippen molar-refractivity contribution in [2.75, 3.05) is 0 Å². The van der Waals surface area contributed by atoms with Gasteiger partial charge in [0.15, 0.2) is 0 Å². The highest BCUT2D eigenvalue weighted by Crippen LogP contribution is 2.41. The van der Waals surface area contributed by atoms with Crippen LogP contribution in [0, 0.1) is 11.3 Å². The molecule has 0 radical (unpaired) electrons. The first-order chi connectivity index (χ1) is 11.2. The van der Waals surface area contributed by atoms with E-state index < -0.39 is 5.97 Å². The third-order valence-corrected chi connectivity index (χ3v) is 5.10. The maximum atomic E-state index is 11.1. The molecule has 0 saturated heterocycles. The summed E-state index contributed by atoms with van der Waals surface area (Å²) in [5.74, 6) is -0.842. The Balaban J connectivity index is 3.13. The minimum absolute atomic E-state index is 0.00510. The number of benzene rings is 1. The normalized spacial score (nSPS) is 14.4. The molecule has 1 unspecified atom stereocenters. The molecule has 0 aliphatic heterocycles. The number of aromatic hydroxyl groups is 1. The molecule has 0 spiro atoms. The van der Waals surface area contributed by atoms with Crippen LogP contribution in [0.2, 0.25) is 0 Å². The number of phenolic OH excluding ortho intramolecular Hbond substituents is 1. The molecule has 0 amide bonds. The van der Waals surface area contributed by atoms with E-state index in [4.69, 9.17) is 5.11 Å². The Morgan fingerprint density at radius 1 is 1.04 bits per heavy atom. The van der Waals surface area contributed by atoms with Gasteiger partial charge in [0.2, 0.25) is 0 Å². The van der Waals surface area contributed by atoms with Crippen LogP contribution in [-0.4, -0.2) is 16.2 Å². The highest BCUT2D eigenvalue weighted by Gasteiger charge is 2.31. The Kier molecular flexibility index (Phi) is 6.36. The molecule has 0 fully saturated rings. The van der Waals surface area contributed by atoms with Crippen molar-refractivity contribution in [3.05, 3.63) is 29.3 Å². The zero-order valence-electron chi connectivity index (χ0n) is 17.2. The van der Waals surface area contributed by atoms with E-state index in [0.717, 1.165) is 18.4 Å². The monoisotopic (exact) mass is 348 g/mol. The van der Waals surface area contributed by atoms with Gasteiger partial charge in [0, 0.05) is 0 Å². The summed E-state index contributed by atoms with van der Waals surface area (Å²) in [5, 5.41) is 19.5. The van der Waals surface area contributed by atoms with Gasteiger partial charge in [-0.25, -0.2) is 0 Å². The molecule has 1 rings (SSSR count). The predicted octanol–water partition coefficient (Wildman–Crippen LogP) is 5.88. The minimum atomic E-state index is -0.764. The third kappa shape index (κ3) is 6.05. The maximum Gasteiger partial charge on any atom is 0.306 e. The van der Waals surface area contributed by atoms with E-state index in [0.29, 0.717) is 12.2 Å². The Bertz CT molecular complexity index is 606. The van der Waals surface area contributed by atoms with E-state index in [2.05, 4.69) is 54.5 Å². The fourth-order valence-corrected chi connectivity index (χ4v) is 3.76. The Morgan fingerprint density at radius 2 is 1.60 bits per heavy atom. The first-order valence-corrected chi connectivity index (χ1v) is 9.22. The van der Waals surface area contributed by atoms with Crippen LogP contribution in [-0.2, 0) is 15.6 Å². The summed E-state index contributed by atoms with van der Waals surface area (Å²) in [6, 6.07) is 5.92. The summed E-state index contributed by atoms with van der Waals surface area (Å²) in [7, 11) is 0. The summed E-state index contributed by atoms with van der Waals surface area (Å²) in [6.45, 7) is 17.1. The number of carboxylic acid groups (broad SMARTS) is 1. The van der Waals surface area contributed by atoms with Gasteiger partial charge in [-0.1, -0.05) is 67.5 Å². The SMILES string of the molecule is CC(CCC(C)(C)c1cc(C(C)(C)CC(C)(C)C)ccc1O)C(=O)O. The van der Waals surface area contributed by atoms with Gasteiger partial charge in [-0.05, 0) is 52.7 Å². The molecule has 0 bridgehead atoms. The van der Waals surface area contributed by atoms with Crippen molar-refractivity contribution in [1.82, 2.24) is 0 Å². The van der Waals surface area contributed by atoms with Crippen LogP contribution < -0.4 is 0 Å². The smallest absolute Gasteiger partial charge is 0.306 e. The number of hydrogen-bond acceptors (Lipinski definition) is 2. The van der Waals surface area contributed by atoms with E-state index in [1.807, 2.05) is 6.07 Å². The highest BCUT2D eigenvalue weighted by atomic mass is 16.4. The Hall–Kier alpha value is -1.51. The molecule has 2 N–H and O–H groups in total. The molecule has 1 aromatic rings. The van der Waals surface area contributed by atoms with Crippen molar-refractivity contribution in [2.45, 2.75) is 85.5 Å². The number of carboxylic acids is 1. The second-order valence-electron chi connectivity index (χ2n) is 10.0. The number of carbonyl (C=O) groups is 1. The molecule has 25 heavy (non-hydrogen) atoms. The van der Waals surface area contributed by atoms with Crippen LogP contribution >= 0.6 is 0 Å². The summed E-state index contributed by atoms with van der Waals surface area (Å²) < 4.78 is 0.